The van der Waals surface area contributed by atoms with Gasteiger partial charge in [0.05, 0.1) is 9.85 Å². The van der Waals surface area contributed by atoms with Crippen LogP contribution in [-0.2, 0) is 26.4 Å². The van der Waals surface area contributed by atoms with Crippen LogP contribution in [0.1, 0.15) is 0 Å². The second-order valence-electron chi connectivity index (χ2n) is 6.18. The third-order valence-electron chi connectivity index (χ3n) is 3.70. The summed E-state index contributed by atoms with van der Waals surface area (Å²) in [6, 6.07) is 0. The monoisotopic (exact) mass is 589 g/mol. The third kappa shape index (κ3) is 8.24. The van der Waals surface area contributed by atoms with Crippen molar-refractivity contribution >= 4 is 55.7 Å². The smallest absolute Gasteiger partial charge is 0.506 e. The van der Waals surface area contributed by atoms with Crippen molar-refractivity contribution in [3.05, 3.63) is 90.2 Å². The standard InChI is InChI=1S/2C9H6N4O4S.Co/c2*14-5-1-2-6(7(15)3-5)11-12-9-10-4-8(18-9)13(16)17;/h2*1-4H,(H2,10,12,14,15);/q;;+2/p-2. The first kappa shape index (κ1) is 28.6. The number of hydrogen-bond acceptors (Lipinski definition) is 14. The van der Waals surface area contributed by atoms with Crippen molar-refractivity contribution in [1.82, 2.24) is 9.97 Å². The summed E-state index contributed by atoms with van der Waals surface area (Å²) in [7, 11) is 0. The third-order valence-corrected chi connectivity index (χ3v) is 5.37. The van der Waals surface area contributed by atoms with Gasteiger partial charge in [-0.25, -0.2) is 0 Å². The number of aliphatic hydroxyl groups excluding tert-OH is 2. The van der Waals surface area contributed by atoms with Crippen molar-refractivity contribution in [2.45, 2.75) is 0 Å². The normalized spacial score (nSPS) is 17.7. The molecule has 0 aliphatic heterocycles. The van der Waals surface area contributed by atoms with Crippen molar-refractivity contribution < 1.29 is 46.4 Å². The molecule has 0 fully saturated rings. The number of ketones is 2. The Hall–Kier alpha value is -4.59. The average molecular weight is 589 g/mol. The number of rotatable bonds is 4. The van der Waals surface area contributed by atoms with Crippen molar-refractivity contribution in [2.75, 3.05) is 0 Å². The SMILES string of the molecule is O=C1C=C/C(=N\N=c2/[n-]cc([N+](=O)[O-])s2)C(O)=C1.O=C1C=C/C(=N\N=c2/[n-]cc([N+](=O)[O-])s2)C(O)=C1.[Co+2]. The van der Waals surface area contributed by atoms with E-state index in [2.05, 4.69) is 30.4 Å². The Bertz CT molecular complexity index is 1450. The summed E-state index contributed by atoms with van der Waals surface area (Å²) >= 11 is 1.51. The summed E-state index contributed by atoms with van der Waals surface area (Å²) in [6.45, 7) is 0. The van der Waals surface area contributed by atoms with Crippen LogP contribution >= 0.6 is 22.7 Å². The second kappa shape index (κ2) is 12.9. The molecule has 0 bridgehead atoms. The van der Waals surface area contributed by atoms with Crippen LogP contribution in [0, 0.1) is 20.2 Å². The predicted octanol–water partition coefficient (Wildman–Crippen LogP) is 0.900. The van der Waals surface area contributed by atoms with Crippen LogP contribution in [0.2, 0.25) is 0 Å². The Kier molecular flexibility index (Phi) is 10.0. The van der Waals surface area contributed by atoms with E-state index in [1.807, 2.05) is 0 Å². The molecule has 37 heavy (non-hydrogen) atoms. The number of aromatic nitrogens is 2. The van der Waals surface area contributed by atoms with Crippen LogP contribution in [0.3, 0.4) is 0 Å². The maximum absolute atomic E-state index is 10.9. The minimum atomic E-state index is -0.583. The van der Waals surface area contributed by atoms with E-state index in [0.717, 1.165) is 47.2 Å². The molecule has 0 atom stereocenters. The summed E-state index contributed by atoms with van der Waals surface area (Å²) < 4.78 is 0. The van der Waals surface area contributed by atoms with E-state index in [9.17, 15) is 40.0 Å². The molecule has 0 aromatic carbocycles. The molecule has 2 heterocycles. The van der Waals surface area contributed by atoms with Gasteiger partial charge in [0.2, 0.25) is 0 Å². The number of aliphatic hydroxyl groups is 2. The van der Waals surface area contributed by atoms with Crippen molar-refractivity contribution in [3.63, 3.8) is 0 Å². The molecule has 2 aromatic heterocycles. The molecule has 2 aliphatic rings. The van der Waals surface area contributed by atoms with Crippen molar-refractivity contribution in [3.8, 4) is 0 Å². The first-order chi connectivity index (χ1) is 17.1. The predicted molar refractivity (Wildman–Crippen MR) is 124 cm³/mol. The molecule has 0 unspecified atom stereocenters. The number of carbonyl (C=O) groups is 2. The summed E-state index contributed by atoms with van der Waals surface area (Å²) in [5, 5.41) is 53.9. The Morgan fingerprint density at radius 1 is 0.703 bits per heavy atom. The van der Waals surface area contributed by atoms with Gasteiger partial charge in [0, 0.05) is 34.1 Å². The van der Waals surface area contributed by atoms with E-state index < -0.39 is 9.85 Å². The zero-order chi connectivity index (χ0) is 26.2. The van der Waals surface area contributed by atoms with Gasteiger partial charge in [0.15, 0.2) is 11.6 Å². The Morgan fingerprint density at radius 2 is 1.08 bits per heavy atom. The van der Waals surface area contributed by atoms with E-state index in [0.29, 0.717) is 0 Å². The fourth-order valence-electron chi connectivity index (χ4n) is 2.14. The number of carbonyl (C=O) groups excluding carboxylic acids is 2. The molecule has 191 valence electrons. The van der Waals surface area contributed by atoms with Crippen LogP contribution in [0.5, 0.6) is 0 Å². The topological polar surface area (TPSA) is 239 Å². The van der Waals surface area contributed by atoms with Gasteiger partial charge < -0.3 is 30.4 Å². The zero-order valence-corrected chi connectivity index (χ0v) is 20.4. The van der Waals surface area contributed by atoms with E-state index in [1.165, 1.54) is 24.3 Å². The van der Waals surface area contributed by atoms with Gasteiger partial charge in [0.25, 0.3) is 0 Å². The Morgan fingerprint density at radius 3 is 1.38 bits per heavy atom. The van der Waals surface area contributed by atoms with Gasteiger partial charge in [-0.05, 0) is 24.3 Å². The molecule has 16 nitrogen and oxygen atoms in total. The molecule has 2 aromatic rings. The van der Waals surface area contributed by atoms with Gasteiger partial charge in [-0.15, -0.1) is 0 Å². The van der Waals surface area contributed by atoms with Crippen LogP contribution in [0.25, 0.3) is 0 Å². The molecule has 1 radical (unpaired) electrons. The largest absolute Gasteiger partial charge is 2.00 e. The number of nitrogens with zero attached hydrogens (tertiary/aromatic N) is 8. The minimum absolute atomic E-state index is 0. The molecule has 2 N–H and O–H groups in total. The molecule has 0 saturated heterocycles. The Labute approximate surface area is 222 Å². The molecule has 2 aliphatic carbocycles. The van der Waals surface area contributed by atoms with Crippen LogP contribution in [0.4, 0.5) is 10.0 Å². The fraction of sp³-hybridized carbons (Fsp3) is 0. The van der Waals surface area contributed by atoms with Gasteiger partial charge in [-0.3, -0.25) is 40.0 Å². The van der Waals surface area contributed by atoms with Gasteiger partial charge >= 0.3 is 26.8 Å². The quantitative estimate of drug-likeness (QED) is 0.290. The van der Waals surface area contributed by atoms with Crippen LogP contribution in [0.15, 0.2) is 80.8 Å². The maximum atomic E-state index is 10.9. The first-order valence-electron chi connectivity index (χ1n) is 9.16. The number of allylic oxidation sites excluding steroid dienone is 6. The minimum Gasteiger partial charge on any atom is -0.506 e. The van der Waals surface area contributed by atoms with Crippen molar-refractivity contribution in [2.24, 2.45) is 20.4 Å². The van der Waals surface area contributed by atoms with Gasteiger partial charge in [-0.2, -0.15) is 0 Å². The average Bonchev–Trinajstić information content (AvgIpc) is 3.49. The molecular formula is C18H10CoN8O8S2. The zero-order valence-electron chi connectivity index (χ0n) is 17.7. The number of thiazole rings is 2. The molecule has 0 saturated carbocycles. The molecular weight excluding hydrogens is 579 g/mol. The fourth-order valence-corrected chi connectivity index (χ4v) is 3.25. The van der Waals surface area contributed by atoms with E-state index >= 15 is 0 Å². The Balaban J connectivity index is 0.000000253. The molecule has 19 heteroatoms. The number of nitro groups is 2. The van der Waals surface area contributed by atoms with Gasteiger partial charge in [-0.1, -0.05) is 22.7 Å². The van der Waals surface area contributed by atoms with Crippen molar-refractivity contribution in [1.29, 1.82) is 0 Å². The molecule has 0 spiro atoms. The molecule has 0 amide bonds. The number of hydrogen-bond donors (Lipinski definition) is 2. The maximum Gasteiger partial charge on any atom is 2.00 e. The van der Waals surface area contributed by atoms with Gasteiger partial charge in [0.1, 0.15) is 22.9 Å². The summed E-state index contributed by atoms with van der Waals surface area (Å²) in [5.74, 6) is -1.32. The van der Waals surface area contributed by atoms with E-state index in [-0.39, 0.29) is 70.9 Å². The van der Waals surface area contributed by atoms with Crippen LogP contribution < -0.4 is 19.6 Å². The summed E-state index contributed by atoms with van der Waals surface area (Å²) in [5.41, 5.74) is 0.180. The van der Waals surface area contributed by atoms with E-state index in [4.69, 9.17) is 0 Å². The second-order valence-corrected chi connectivity index (χ2v) is 8.15. The first-order valence-corrected chi connectivity index (χ1v) is 10.8. The molecule has 4 rings (SSSR count). The van der Waals surface area contributed by atoms with E-state index in [1.54, 1.807) is 0 Å². The summed E-state index contributed by atoms with van der Waals surface area (Å²) in [6.07, 6.45) is 9.17. The van der Waals surface area contributed by atoms with Crippen LogP contribution in [-0.4, -0.2) is 43.0 Å². The summed E-state index contributed by atoms with van der Waals surface area (Å²) in [4.78, 5) is 48.9.